The van der Waals surface area contributed by atoms with Gasteiger partial charge in [0, 0.05) is 50.7 Å². The van der Waals surface area contributed by atoms with Crippen molar-refractivity contribution in [3.8, 4) is 33.6 Å². The number of rotatable bonds is 6. The minimum atomic E-state index is 0.899. The van der Waals surface area contributed by atoms with Gasteiger partial charge < -0.3 is 9.32 Å². The van der Waals surface area contributed by atoms with Crippen molar-refractivity contribution in [1.29, 1.82) is 0 Å². The van der Waals surface area contributed by atoms with E-state index >= 15 is 0 Å². The Labute approximate surface area is 272 Å². The molecule has 0 saturated heterocycles. The van der Waals surface area contributed by atoms with Gasteiger partial charge >= 0.3 is 0 Å². The molecular weight excluding hydrogens is 574 g/mol. The summed E-state index contributed by atoms with van der Waals surface area (Å²) in [7, 11) is 0. The van der Waals surface area contributed by atoms with Crippen LogP contribution in [-0.4, -0.2) is 9.38 Å². The summed E-state index contributed by atoms with van der Waals surface area (Å²) < 4.78 is 8.60. The molecule has 0 aliphatic heterocycles. The van der Waals surface area contributed by atoms with Gasteiger partial charge in [0.2, 0.25) is 0 Å². The number of anilines is 3. The van der Waals surface area contributed by atoms with E-state index in [0.717, 1.165) is 78.3 Å². The van der Waals surface area contributed by atoms with Crippen LogP contribution >= 0.6 is 0 Å². The van der Waals surface area contributed by atoms with Crippen LogP contribution in [0.3, 0.4) is 0 Å². The number of furan rings is 1. The van der Waals surface area contributed by atoms with E-state index in [1.807, 2.05) is 24.3 Å². The molecule has 3 aromatic heterocycles. The molecule has 0 radical (unpaired) electrons. The lowest BCUT2D eigenvalue weighted by Gasteiger charge is -2.26. The molecule has 9 rings (SSSR count). The highest BCUT2D eigenvalue weighted by Gasteiger charge is 2.19. The van der Waals surface area contributed by atoms with Crippen LogP contribution in [0, 0.1) is 0 Å². The van der Waals surface area contributed by atoms with Crippen molar-refractivity contribution in [2.24, 2.45) is 0 Å². The van der Waals surface area contributed by atoms with Crippen LogP contribution in [0.1, 0.15) is 0 Å². The zero-order valence-corrected chi connectivity index (χ0v) is 25.5. The smallest absolute Gasteiger partial charge is 0.143 e. The van der Waals surface area contributed by atoms with Crippen LogP contribution < -0.4 is 4.90 Å². The minimum Gasteiger partial charge on any atom is -0.455 e. The number of hydrogen-bond donors (Lipinski definition) is 0. The Hall–Kier alpha value is -6.39. The molecule has 0 bridgehead atoms. The summed E-state index contributed by atoms with van der Waals surface area (Å²) in [5.41, 5.74) is 12.2. The maximum atomic E-state index is 6.42. The Morgan fingerprint density at radius 2 is 1.11 bits per heavy atom. The Bertz CT molecular complexity index is 2530. The van der Waals surface area contributed by atoms with Crippen LogP contribution in [0.25, 0.3) is 61.2 Å². The molecule has 222 valence electrons. The zero-order valence-electron chi connectivity index (χ0n) is 25.5. The van der Waals surface area contributed by atoms with Gasteiger partial charge in [-0.15, -0.1) is 0 Å². The lowest BCUT2D eigenvalue weighted by atomic mass is 10.0. The van der Waals surface area contributed by atoms with Crippen molar-refractivity contribution in [2.45, 2.75) is 0 Å². The van der Waals surface area contributed by atoms with E-state index in [1.54, 1.807) is 0 Å². The van der Waals surface area contributed by atoms with Gasteiger partial charge in [0.05, 0.1) is 11.4 Å². The highest BCUT2D eigenvalue weighted by molar-refractivity contribution is 6.09. The highest BCUT2D eigenvalue weighted by Crippen LogP contribution is 2.41. The average Bonchev–Trinajstić information content (AvgIpc) is 3.72. The monoisotopic (exact) mass is 603 g/mol. The summed E-state index contributed by atoms with van der Waals surface area (Å²) in [5.74, 6) is 0. The van der Waals surface area contributed by atoms with Crippen LogP contribution in [0.5, 0.6) is 0 Å². The number of pyridine rings is 1. The van der Waals surface area contributed by atoms with Crippen molar-refractivity contribution in [2.75, 3.05) is 4.90 Å². The number of fused-ring (bicyclic) bond motifs is 4. The summed E-state index contributed by atoms with van der Waals surface area (Å²) in [4.78, 5) is 7.45. The van der Waals surface area contributed by atoms with Gasteiger partial charge in [0.25, 0.3) is 0 Å². The second kappa shape index (κ2) is 11.2. The molecule has 3 heterocycles. The number of aromatic nitrogens is 2. The molecule has 47 heavy (non-hydrogen) atoms. The van der Waals surface area contributed by atoms with Crippen molar-refractivity contribution in [1.82, 2.24) is 9.38 Å². The van der Waals surface area contributed by atoms with Gasteiger partial charge in [-0.05, 0) is 60.2 Å². The summed E-state index contributed by atoms with van der Waals surface area (Å²) >= 11 is 0. The standard InChI is InChI=1S/C43H29N3O/c1-3-14-30(15-4-1)42-41(44-40-26-9-10-27-45(40)42)32-17-12-21-35(29-32)46(33-18-5-2-6-19-33)34-20-11-16-31(28-34)36-23-13-24-38-37-22-7-8-25-39(37)47-43(36)38/h1-29H. The van der Waals surface area contributed by atoms with E-state index in [-0.39, 0.29) is 0 Å². The van der Waals surface area contributed by atoms with E-state index in [0.29, 0.717) is 0 Å². The predicted octanol–water partition coefficient (Wildman–Crippen LogP) is 11.7. The van der Waals surface area contributed by atoms with Crippen molar-refractivity contribution < 1.29 is 4.42 Å². The Kier molecular flexibility index (Phi) is 6.43. The van der Waals surface area contributed by atoms with Crippen LogP contribution in [-0.2, 0) is 0 Å². The second-order valence-electron chi connectivity index (χ2n) is 11.7. The first-order chi connectivity index (χ1) is 23.3. The molecule has 4 heteroatoms. The molecule has 0 atom stereocenters. The van der Waals surface area contributed by atoms with E-state index in [9.17, 15) is 0 Å². The molecule has 9 aromatic rings. The van der Waals surface area contributed by atoms with Crippen molar-refractivity contribution in [3.05, 3.63) is 176 Å². The summed E-state index contributed by atoms with van der Waals surface area (Å²) in [6.45, 7) is 0. The molecule has 6 aromatic carbocycles. The molecule has 0 aliphatic rings. The molecule has 0 N–H and O–H groups in total. The fraction of sp³-hybridized carbons (Fsp3) is 0. The molecule has 4 nitrogen and oxygen atoms in total. The molecule has 0 amide bonds. The fourth-order valence-corrected chi connectivity index (χ4v) is 6.67. The molecule has 0 saturated carbocycles. The van der Waals surface area contributed by atoms with Gasteiger partial charge in [-0.25, -0.2) is 4.98 Å². The lowest BCUT2D eigenvalue weighted by Crippen LogP contribution is -2.10. The number of benzene rings is 6. The second-order valence-corrected chi connectivity index (χ2v) is 11.7. The van der Waals surface area contributed by atoms with Gasteiger partial charge in [-0.1, -0.05) is 115 Å². The molecule has 0 spiro atoms. The van der Waals surface area contributed by atoms with Crippen LogP contribution in [0.2, 0.25) is 0 Å². The summed E-state index contributed by atoms with van der Waals surface area (Å²) in [6, 6.07) is 59.2. The normalized spacial score (nSPS) is 11.4. The van der Waals surface area contributed by atoms with E-state index in [2.05, 4.69) is 161 Å². The first-order valence-corrected chi connectivity index (χ1v) is 15.8. The molecule has 0 fully saturated rings. The van der Waals surface area contributed by atoms with Crippen molar-refractivity contribution >= 4 is 44.6 Å². The molecule has 0 unspecified atom stereocenters. The number of hydrogen-bond acceptors (Lipinski definition) is 3. The number of para-hydroxylation sites is 3. The average molecular weight is 604 g/mol. The molecular formula is C43H29N3O. The Balaban J connectivity index is 1.21. The van der Waals surface area contributed by atoms with E-state index < -0.39 is 0 Å². The third-order valence-corrected chi connectivity index (χ3v) is 8.79. The first kappa shape index (κ1) is 27.0. The summed E-state index contributed by atoms with van der Waals surface area (Å²) in [6.07, 6.45) is 2.09. The quantitative estimate of drug-likeness (QED) is 0.190. The van der Waals surface area contributed by atoms with Gasteiger partial charge in [-0.3, -0.25) is 4.40 Å². The first-order valence-electron chi connectivity index (χ1n) is 15.8. The molecule has 0 aliphatic carbocycles. The lowest BCUT2D eigenvalue weighted by molar-refractivity contribution is 0.670. The number of nitrogens with zero attached hydrogens (tertiary/aromatic N) is 3. The predicted molar refractivity (Wildman–Crippen MR) is 193 cm³/mol. The van der Waals surface area contributed by atoms with Gasteiger partial charge in [0.15, 0.2) is 0 Å². The minimum absolute atomic E-state index is 0.899. The third kappa shape index (κ3) is 4.66. The Morgan fingerprint density at radius 1 is 0.489 bits per heavy atom. The largest absolute Gasteiger partial charge is 0.455 e. The maximum absolute atomic E-state index is 6.42. The third-order valence-electron chi connectivity index (χ3n) is 8.79. The zero-order chi connectivity index (χ0) is 31.2. The van der Waals surface area contributed by atoms with E-state index in [4.69, 9.17) is 9.40 Å². The van der Waals surface area contributed by atoms with Crippen LogP contribution in [0.15, 0.2) is 180 Å². The van der Waals surface area contributed by atoms with E-state index in [1.165, 1.54) is 0 Å². The fourth-order valence-electron chi connectivity index (χ4n) is 6.67. The number of imidazole rings is 1. The van der Waals surface area contributed by atoms with Crippen LogP contribution in [0.4, 0.5) is 17.1 Å². The highest BCUT2D eigenvalue weighted by atomic mass is 16.3. The van der Waals surface area contributed by atoms with Crippen molar-refractivity contribution in [3.63, 3.8) is 0 Å². The van der Waals surface area contributed by atoms with Gasteiger partial charge in [0.1, 0.15) is 16.8 Å². The van der Waals surface area contributed by atoms with Gasteiger partial charge in [-0.2, -0.15) is 0 Å². The topological polar surface area (TPSA) is 33.7 Å². The maximum Gasteiger partial charge on any atom is 0.143 e. The Morgan fingerprint density at radius 3 is 1.94 bits per heavy atom. The SMILES string of the molecule is c1ccc(-c2c(-c3cccc(N(c4ccccc4)c4cccc(-c5cccc6c5oc5ccccc56)c4)c3)nc3ccccn23)cc1. The summed E-state index contributed by atoms with van der Waals surface area (Å²) in [5, 5.41) is 2.25.